The Kier molecular flexibility index (Phi) is 4.53. The highest BCUT2D eigenvalue weighted by molar-refractivity contribution is 5.95. The summed E-state index contributed by atoms with van der Waals surface area (Å²) in [4.78, 5) is 25.8. The average molecular weight is 377 g/mol. The Bertz CT molecular complexity index is 878. The smallest absolute Gasteiger partial charge is 0.251 e. The number of rotatable bonds is 4. The fourth-order valence-corrected chi connectivity index (χ4v) is 5.45. The van der Waals surface area contributed by atoms with E-state index in [1.807, 2.05) is 60.7 Å². The molecule has 0 heterocycles. The molecule has 2 amide bonds. The van der Waals surface area contributed by atoms with Crippen LogP contribution in [0.4, 0.5) is 0 Å². The maximum Gasteiger partial charge on any atom is 0.251 e. The number of hydrogen-bond donors (Lipinski definition) is 2. The molecule has 4 rings (SSSR count). The molecule has 2 fully saturated rings. The second-order valence-electron chi connectivity index (χ2n) is 8.97. The monoisotopic (exact) mass is 376 g/mol. The van der Waals surface area contributed by atoms with Crippen molar-refractivity contribution in [2.24, 2.45) is 16.7 Å². The van der Waals surface area contributed by atoms with Crippen molar-refractivity contribution < 1.29 is 9.59 Å². The highest BCUT2D eigenvalue weighted by Crippen LogP contribution is 2.65. The first-order valence-electron chi connectivity index (χ1n) is 10.1. The van der Waals surface area contributed by atoms with E-state index in [4.69, 9.17) is 0 Å². The van der Waals surface area contributed by atoms with Gasteiger partial charge in [-0.25, -0.2) is 0 Å². The lowest BCUT2D eigenvalue weighted by Gasteiger charge is -2.40. The van der Waals surface area contributed by atoms with Gasteiger partial charge in [0.25, 0.3) is 11.8 Å². The van der Waals surface area contributed by atoms with Gasteiger partial charge in [0.2, 0.25) is 0 Å². The van der Waals surface area contributed by atoms with Crippen molar-refractivity contribution in [3.05, 3.63) is 71.8 Å². The Morgan fingerprint density at radius 2 is 1.32 bits per heavy atom. The van der Waals surface area contributed by atoms with Crippen molar-refractivity contribution in [3.8, 4) is 0 Å². The third-order valence-corrected chi connectivity index (χ3v) is 7.51. The van der Waals surface area contributed by atoms with Gasteiger partial charge in [0.05, 0.1) is 12.1 Å². The summed E-state index contributed by atoms with van der Waals surface area (Å²) in [7, 11) is 0. The minimum absolute atomic E-state index is 0.0380. The molecular formula is C24H28N2O2. The van der Waals surface area contributed by atoms with Crippen LogP contribution in [0.5, 0.6) is 0 Å². The summed E-state index contributed by atoms with van der Waals surface area (Å²) in [5, 5.41) is 6.54. The van der Waals surface area contributed by atoms with Crippen molar-refractivity contribution in [1.29, 1.82) is 0 Å². The predicted molar refractivity (Wildman–Crippen MR) is 110 cm³/mol. The molecule has 2 N–H and O–H groups in total. The van der Waals surface area contributed by atoms with Crippen LogP contribution in [0, 0.1) is 16.7 Å². The van der Waals surface area contributed by atoms with Gasteiger partial charge in [0.15, 0.2) is 0 Å². The standard InChI is InChI=1S/C24H28N2O2/c1-23(2)18-14-15-24(23,3)20(26-22(28)17-12-8-5-9-13-17)19(18)25-21(27)16-10-6-4-7-11-16/h4-13,18-20H,14-15H2,1-3H3,(H,25,27)(H,26,28)/t18-,19+,20+,24+/m0/s1. The molecule has 2 saturated carbocycles. The summed E-state index contributed by atoms with van der Waals surface area (Å²) in [5.41, 5.74) is 1.29. The highest BCUT2D eigenvalue weighted by atomic mass is 16.2. The first-order valence-corrected chi connectivity index (χ1v) is 10.1. The van der Waals surface area contributed by atoms with E-state index < -0.39 is 0 Å². The van der Waals surface area contributed by atoms with Crippen LogP contribution in [-0.2, 0) is 0 Å². The molecule has 0 spiro atoms. The molecule has 28 heavy (non-hydrogen) atoms. The number of nitrogens with one attached hydrogen (secondary N) is 2. The van der Waals surface area contributed by atoms with E-state index in [-0.39, 0.29) is 34.7 Å². The third kappa shape index (κ3) is 2.83. The predicted octanol–water partition coefficient (Wildman–Crippen LogP) is 4.04. The van der Waals surface area contributed by atoms with E-state index in [0.29, 0.717) is 17.0 Å². The summed E-state index contributed by atoms with van der Waals surface area (Å²) in [6, 6.07) is 18.4. The Hall–Kier alpha value is -2.62. The van der Waals surface area contributed by atoms with Crippen molar-refractivity contribution in [2.45, 2.75) is 45.7 Å². The molecule has 146 valence electrons. The molecule has 0 aromatic heterocycles. The van der Waals surface area contributed by atoms with Crippen LogP contribution in [0.3, 0.4) is 0 Å². The van der Waals surface area contributed by atoms with Crippen LogP contribution >= 0.6 is 0 Å². The number of carbonyl (C=O) groups is 2. The number of hydrogen-bond acceptors (Lipinski definition) is 2. The molecule has 0 unspecified atom stereocenters. The molecule has 2 aromatic carbocycles. The third-order valence-electron chi connectivity index (χ3n) is 7.51. The molecule has 2 bridgehead atoms. The summed E-state index contributed by atoms with van der Waals surface area (Å²) in [6.45, 7) is 6.82. The molecule has 4 nitrogen and oxygen atoms in total. The molecule has 2 aliphatic carbocycles. The molecule has 2 aliphatic rings. The zero-order valence-electron chi connectivity index (χ0n) is 16.7. The number of benzene rings is 2. The van der Waals surface area contributed by atoms with Crippen molar-refractivity contribution in [2.75, 3.05) is 0 Å². The molecule has 0 saturated heterocycles. The van der Waals surface area contributed by atoms with Gasteiger partial charge in [-0.1, -0.05) is 57.2 Å². The first-order chi connectivity index (χ1) is 13.3. The topological polar surface area (TPSA) is 58.2 Å². The SMILES string of the molecule is CC1(C)[C@H]2CC[C@]1(C)[C@H](NC(=O)c1ccccc1)[C@@H]2NC(=O)c1ccccc1. The lowest BCUT2D eigenvalue weighted by atomic mass is 9.69. The number of carbonyl (C=O) groups excluding carboxylic acids is 2. The summed E-state index contributed by atoms with van der Waals surface area (Å²) in [5.74, 6) is 0.192. The summed E-state index contributed by atoms with van der Waals surface area (Å²) < 4.78 is 0. The minimum atomic E-state index is -0.0957. The normalized spacial score (nSPS) is 30.0. The Morgan fingerprint density at radius 3 is 1.86 bits per heavy atom. The van der Waals surface area contributed by atoms with Gasteiger partial charge in [-0.2, -0.15) is 0 Å². The van der Waals surface area contributed by atoms with E-state index in [1.165, 1.54) is 0 Å². The fraction of sp³-hybridized carbons (Fsp3) is 0.417. The molecular weight excluding hydrogens is 348 g/mol. The molecule has 4 atom stereocenters. The molecule has 4 heteroatoms. The maximum absolute atomic E-state index is 12.9. The maximum atomic E-state index is 12.9. The minimum Gasteiger partial charge on any atom is -0.347 e. The van der Waals surface area contributed by atoms with E-state index in [2.05, 4.69) is 31.4 Å². The van der Waals surface area contributed by atoms with Crippen LogP contribution < -0.4 is 10.6 Å². The zero-order chi connectivity index (χ0) is 19.9. The van der Waals surface area contributed by atoms with Gasteiger partial charge >= 0.3 is 0 Å². The quantitative estimate of drug-likeness (QED) is 0.846. The van der Waals surface area contributed by atoms with Crippen LogP contribution in [0.2, 0.25) is 0 Å². The summed E-state index contributed by atoms with van der Waals surface area (Å²) >= 11 is 0. The second-order valence-corrected chi connectivity index (χ2v) is 8.97. The largest absolute Gasteiger partial charge is 0.347 e. The van der Waals surface area contributed by atoms with Crippen molar-refractivity contribution >= 4 is 11.8 Å². The Labute approximate surface area is 166 Å². The first kappa shape index (κ1) is 18.7. The van der Waals surface area contributed by atoms with Gasteiger partial charge in [-0.15, -0.1) is 0 Å². The van der Waals surface area contributed by atoms with Gasteiger partial charge in [-0.05, 0) is 53.9 Å². The average Bonchev–Trinajstić information content (AvgIpc) is 3.02. The van der Waals surface area contributed by atoms with Crippen LogP contribution in [-0.4, -0.2) is 23.9 Å². The van der Waals surface area contributed by atoms with E-state index in [9.17, 15) is 9.59 Å². The van der Waals surface area contributed by atoms with E-state index in [1.54, 1.807) is 0 Å². The summed E-state index contributed by atoms with van der Waals surface area (Å²) in [6.07, 6.45) is 2.13. The van der Waals surface area contributed by atoms with Crippen LogP contribution in [0.15, 0.2) is 60.7 Å². The molecule has 2 aromatic rings. The van der Waals surface area contributed by atoms with Crippen LogP contribution in [0.1, 0.15) is 54.3 Å². The zero-order valence-corrected chi connectivity index (χ0v) is 16.7. The lowest BCUT2D eigenvalue weighted by molar-refractivity contribution is 0.0781. The number of fused-ring (bicyclic) bond motifs is 2. The van der Waals surface area contributed by atoms with E-state index >= 15 is 0 Å². The fourth-order valence-electron chi connectivity index (χ4n) is 5.45. The van der Waals surface area contributed by atoms with Crippen LogP contribution in [0.25, 0.3) is 0 Å². The van der Waals surface area contributed by atoms with E-state index in [0.717, 1.165) is 12.8 Å². The molecule has 0 radical (unpaired) electrons. The van der Waals surface area contributed by atoms with Crippen molar-refractivity contribution in [1.82, 2.24) is 10.6 Å². The van der Waals surface area contributed by atoms with Gasteiger partial charge in [0, 0.05) is 11.1 Å². The highest BCUT2D eigenvalue weighted by Gasteiger charge is 2.66. The van der Waals surface area contributed by atoms with Gasteiger partial charge in [-0.3, -0.25) is 9.59 Å². The number of amides is 2. The lowest BCUT2D eigenvalue weighted by Crippen LogP contribution is -2.57. The Morgan fingerprint density at radius 1 is 0.821 bits per heavy atom. The van der Waals surface area contributed by atoms with Crippen molar-refractivity contribution in [3.63, 3.8) is 0 Å². The van der Waals surface area contributed by atoms with Gasteiger partial charge in [0.1, 0.15) is 0 Å². The second kappa shape index (κ2) is 6.77. The molecule has 0 aliphatic heterocycles. The van der Waals surface area contributed by atoms with Gasteiger partial charge < -0.3 is 10.6 Å². The Balaban J connectivity index is 1.62.